The number of benzene rings is 1. The number of aromatic nitrogens is 3. The molecule has 1 saturated heterocycles. The van der Waals surface area contributed by atoms with Gasteiger partial charge in [-0.05, 0) is 36.6 Å². The van der Waals surface area contributed by atoms with Crippen molar-refractivity contribution in [2.24, 2.45) is 0 Å². The van der Waals surface area contributed by atoms with E-state index in [-0.39, 0.29) is 17.4 Å². The summed E-state index contributed by atoms with van der Waals surface area (Å²) >= 11 is 1.30. The molecule has 1 aliphatic carbocycles. The van der Waals surface area contributed by atoms with Crippen LogP contribution in [0.2, 0.25) is 0 Å². The molecule has 1 aromatic carbocycles. The fraction of sp³-hybridized carbons (Fsp3) is 0.344. The third-order valence-corrected chi connectivity index (χ3v) is 9.34. The number of nitrogens with zero attached hydrogens (tertiary/aromatic N) is 5. The van der Waals surface area contributed by atoms with Crippen molar-refractivity contribution in [1.82, 2.24) is 19.4 Å². The van der Waals surface area contributed by atoms with E-state index in [1.807, 2.05) is 28.5 Å². The van der Waals surface area contributed by atoms with Gasteiger partial charge >= 0.3 is 0 Å². The molecule has 1 amide bonds. The van der Waals surface area contributed by atoms with Crippen LogP contribution >= 0.6 is 11.3 Å². The van der Waals surface area contributed by atoms with Crippen molar-refractivity contribution in [3.63, 3.8) is 0 Å². The summed E-state index contributed by atoms with van der Waals surface area (Å²) < 4.78 is 14.3. The van der Waals surface area contributed by atoms with Gasteiger partial charge in [0.2, 0.25) is 11.4 Å². The van der Waals surface area contributed by atoms with Gasteiger partial charge in [0, 0.05) is 73.1 Å². The molecule has 12 heteroatoms. The van der Waals surface area contributed by atoms with Crippen LogP contribution in [0.3, 0.4) is 0 Å². The summed E-state index contributed by atoms with van der Waals surface area (Å²) in [6.45, 7) is 2.42. The molecule has 0 unspecified atom stereocenters. The summed E-state index contributed by atoms with van der Waals surface area (Å²) in [5.74, 6) is 0.802. The molecule has 0 spiro atoms. The zero-order chi connectivity index (χ0) is 30.4. The van der Waals surface area contributed by atoms with Crippen molar-refractivity contribution < 1.29 is 18.7 Å². The van der Waals surface area contributed by atoms with E-state index in [9.17, 15) is 14.4 Å². The minimum absolute atomic E-state index is 0.0653. The molecule has 2 aliphatic rings. The number of ether oxygens (including phenoxy) is 1. The van der Waals surface area contributed by atoms with E-state index in [2.05, 4.69) is 14.9 Å². The Morgan fingerprint density at radius 2 is 1.91 bits per heavy atom. The fourth-order valence-electron chi connectivity index (χ4n) is 6.16. The first-order valence-electron chi connectivity index (χ1n) is 14.8. The van der Waals surface area contributed by atoms with Crippen LogP contribution in [0.25, 0.3) is 32.4 Å². The minimum Gasteiger partial charge on any atom is -0.439 e. The summed E-state index contributed by atoms with van der Waals surface area (Å²) in [5, 5.41) is 5.90. The first-order valence-corrected chi connectivity index (χ1v) is 15.6. The molecule has 5 aromatic rings. The van der Waals surface area contributed by atoms with Crippen LogP contribution in [0, 0.1) is 0 Å². The highest BCUT2D eigenvalue weighted by atomic mass is 32.1. The van der Waals surface area contributed by atoms with Gasteiger partial charge in [-0.15, -0.1) is 11.3 Å². The Bertz CT molecular complexity index is 1950. The Morgan fingerprint density at radius 3 is 2.66 bits per heavy atom. The van der Waals surface area contributed by atoms with Crippen LogP contribution in [0.4, 0.5) is 17.5 Å². The Hall–Kier alpha value is -4.55. The lowest BCUT2D eigenvalue weighted by atomic mass is 10.0. The number of carbonyl (C=O) groups excluding carboxylic acids is 2. The lowest BCUT2D eigenvalue weighted by molar-refractivity contribution is 0.0815. The molecule has 1 saturated carbocycles. The Labute approximate surface area is 257 Å². The van der Waals surface area contributed by atoms with Crippen LogP contribution in [0.15, 0.2) is 51.1 Å². The van der Waals surface area contributed by atoms with Crippen molar-refractivity contribution in [2.75, 3.05) is 50.6 Å². The van der Waals surface area contributed by atoms with Gasteiger partial charge in [-0.2, -0.15) is 4.98 Å². The SMILES string of the molecule is CN(C)C(=O)c1cc2cnc(Nc3ccc(-c4csc5c(=O)cc(N6CCOCC6)oc45)c(C=O)c3)nc2n1C1CCCC1. The van der Waals surface area contributed by atoms with Gasteiger partial charge in [0.1, 0.15) is 16.0 Å². The normalized spacial score (nSPS) is 15.7. The van der Waals surface area contributed by atoms with Gasteiger partial charge in [0.05, 0.1) is 13.2 Å². The summed E-state index contributed by atoms with van der Waals surface area (Å²) in [6, 6.07) is 9.02. The van der Waals surface area contributed by atoms with Gasteiger partial charge in [-0.1, -0.05) is 18.9 Å². The summed E-state index contributed by atoms with van der Waals surface area (Å²) in [7, 11) is 3.50. The molecule has 226 valence electrons. The maximum atomic E-state index is 13.0. The molecule has 0 bridgehead atoms. The third-order valence-electron chi connectivity index (χ3n) is 8.37. The average molecular weight is 613 g/mol. The number of amides is 1. The monoisotopic (exact) mass is 612 g/mol. The topological polar surface area (TPSA) is 123 Å². The predicted octanol–water partition coefficient (Wildman–Crippen LogP) is 5.48. The van der Waals surface area contributed by atoms with Gasteiger partial charge in [-0.25, -0.2) is 4.98 Å². The number of aldehydes is 1. The zero-order valence-corrected chi connectivity index (χ0v) is 25.4. The minimum atomic E-state index is -0.111. The van der Waals surface area contributed by atoms with Crippen molar-refractivity contribution in [2.45, 2.75) is 31.7 Å². The van der Waals surface area contributed by atoms with Crippen molar-refractivity contribution in [1.29, 1.82) is 0 Å². The van der Waals surface area contributed by atoms with Gasteiger partial charge in [0.25, 0.3) is 5.91 Å². The number of thiophene rings is 1. The summed E-state index contributed by atoms with van der Waals surface area (Å²) in [4.78, 5) is 51.2. The van der Waals surface area contributed by atoms with Gasteiger partial charge in [0.15, 0.2) is 17.8 Å². The molecule has 7 rings (SSSR count). The van der Waals surface area contributed by atoms with Crippen LogP contribution in [0.1, 0.15) is 52.6 Å². The second kappa shape index (κ2) is 11.5. The molecule has 2 fully saturated rings. The molecular formula is C32H32N6O5S. The van der Waals surface area contributed by atoms with Crippen molar-refractivity contribution in [3.05, 3.63) is 63.4 Å². The summed E-state index contributed by atoms with van der Waals surface area (Å²) in [6.07, 6.45) is 6.76. The zero-order valence-electron chi connectivity index (χ0n) is 24.5. The number of anilines is 3. The molecule has 0 atom stereocenters. The number of carbonyl (C=O) groups is 2. The number of rotatable bonds is 7. The molecule has 5 heterocycles. The van der Waals surface area contributed by atoms with E-state index < -0.39 is 0 Å². The average Bonchev–Trinajstić information content (AvgIpc) is 3.80. The number of hydrogen-bond donors (Lipinski definition) is 1. The first-order chi connectivity index (χ1) is 21.4. The standard InChI is InChI=1S/C32H32N6O5S/c1-36(2)31(41)25-14-19-16-33-32(35-30(19)38(25)22-5-3-4-6-22)34-21-7-8-23(20(13-21)17-39)24-18-44-29-26(40)15-27(43-28(24)29)37-9-11-42-12-10-37/h7-8,13-18,22H,3-6,9-12H2,1-2H3,(H,33,34,35). The Balaban J connectivity index is 1.23. The van der Waals surface area contributed by atoms with Crippen LogP contribution in [-0.2, 0) is 4.74 Å². The summed E-state index contributed by atoms with van der Waals surface area (Å²) in [5.41, 5.74) is 4.10. The molecule has 1 N–H and O–H groups in total. The van der Waals surface area contributed by atoms with E-state index >= 15 is 0 Å². The van der Waals surface area contributed by atoms with Crippen LogP contribution in [0.5, 0.6) is 0 Å². The highest BCUT2D eigenvalue weighted by Crippen LogP contribution is 2.38. The van der Waals surface area contributed by atoms with Gasteiger partial charge < -0.3 is 28.8 Å². The maximum absolute atomic E-state index is 13.0. The van der Waals surface area contributed by atoms with E-state index in [0.717, 1.165) is 37.4 Å². The number of nitrogens with one attached hydrogen (secondary N) is 1. The number of morpholine rings is 1. The molecule has 11 nitrogen and oxygen atoms in total. The molecule has 0 radical (unpaired) electrons. The third kappa shape index (κ3) is 5.03. The Kier molecular flexibility index (Phi) is 7.39. The van der Waals surface area contributed by atoms with Crippen LogP contribution < -0.4 is 15.6 Å². The second-order valence-electron chi connectivity index (χ2n) is 11.4. The highest BCUT2D eigenvalue weighted by molar-refractivity contribution is 7.17. The maximum Gasteiger partial charge on any atom is 0.270 e. The first kappa shape index (κ1) is 28.2. The molecular weight excluding hydrogens is 580 g/mol. The van der Waals surface area contributed by atoms with E-state index in [0.29, 0.717) is 82.1 Å². The van der Waals surface area contributed by atoms with E-state index in [1.54, 1.807) is 31.3 Å². The van der Waals surface area contributed by atoms with Crippen molar-refractivity contribution in [3.8, 4) is 11.1 Å². The molecule has 4 aromatic heterocycles. The van der Waals surface area contributed by atoms with E-state index in [4.69, 9.17) is 14.1 Å². The quantitative estimate of drug-likeness (QED) is 0.238. The number of hydrogen-bond acceptors (Lipinski definition) is 10. The van der Waals surface area contributed by atoms with Crippen molar-refractivity contribution >= 4 is 62.4 Å². The lowest BCUT2D eigenvalue weighted by Gasteiger charge is -2.27. The predicted molar refractivity (Wildman–Crippen MR) is 171 cm³/mol. The highest BCUT2D eigenvalue weighted by Gasteiger charge is 2.27. The smallest absolute Gasteiger partial charge is 0.270 e. The van der Waals surface area contributed by atoms with Crippen LogP contribution in [-0.4, -0.2) is 72.0 Å². The second-order valence-corrected chi connectivity index (χ2v) is 12.3. The fourth-order valence-corrected chi connectivity index (χ4v) is 7.07. The lowest BCUT2D eigenvalue weighted by Crippen LogP contribution is -2.36. The number of fused-ring (bicyclic) bond motifs is 2. The Morgan fingerprint density at radius 1 is 1.11 bits per heavy atom. The molecule has 1 aliphatic heterocycles. The molecule has 44 heavy (non-hydrogen) atoms. The van der Waals surface area contributed by atoms with E-state index in [1.165, 1.54) is 17.4 Å². The largest absolute Gasteiger partial charge is 0.439 e. The van der Waals surface area contributed by atoms with Gasteiger partial charge in [-0.3, -0.25) is 14.4 Å².